The SMILES string of the molecule is C#CCC(C)N1CCC(NCC)C(C)C1C. The summed E-state index contributed by atoms with van der Waals surface area (Å²) < 4.78 is 0. The predicted octanol–water partition coefficient (Wildman–Crippen LogP) is 2.11. The summed E-state index contributed by atoms with van der Waals surface area (Å²) in [4.78, 5) is 2.57. The second-order valence-electron chi connectivity index (χ2n) is 5.05. The Labute approximate surface area is 101 Å². The Kier molecular flexibility index (Phi) is 5.31. The molecule has 0 aromatic heterocycles. The van der Waals surface area contributed by atoms with Crippen molar-refractivity contribution in [3.05, 3.63) is 0 Å². The molecule has 0 aromatic rings. The maximum atomic E-state index is 5.40. The first kappa shape index (κ1) is 13.5. The van der Waals surface area contributed by atoms with Gasteiger partial charge in [0.15, 0.2) is 0 Å². The van der Waals surface area contributed by atoms with Gasteiger partial charge in [0.25, 0.3) is 0 Å². The van der Waals surface area contributed by atoms with Crippen LogP contribution in [0.1, 0.15) is 40.5 Å². The standard InChI is InChI=1S/C14H26N2/c1-6-8-11(3)16-10-9-14(15-7-2)12(4)13(16)5/h1,11-15H,7-10H2,2-5H3. The molecule has 1 fully saturated rings. The largest absolute Gasteiger partial charge is 0.314 e. The summed E-state index contributed by atoms with van der Waals surface area (Å²) in [5, 5.41) is 3.59. The second-order valence-corrected chi connectivity index (χ2v) is 5.05. The van der Waals surface area contributed by atoms with E-state index in [-0.39, 0.29) is 0 Å². The molecule has 1 rings (SSSR count). The number of nitrogens with one attached hydrogen (secondary N) is 1. The van der Waals surface area contributed by atoms with E-state index in [1.165, 1.54) is 13.0 Å². The fourth-order valence-corrected chi connectivity index (χ4v) is 2.85. The Balaban J connectivity index is 2.57. The minimum Gasteiger partial charge on any atom is -0.314 e. The van der Waals surface area contributed by atoms with Crippen molar-refractivity contribution in [2.45, 2.75) is 58.7 Å². The van der Waals surface area contributed by atoms with E-state index in [2.05, 4.69) is 43.8 Å². The van der Waals surface area contributed by atoms with Crippen molar-refractivity contribution in [3.8, 4) is 12.3 Å². The zero-order valence-electron chi connectivity index (χ0n) is 11.2. The minimum absolute atomic E-state index is 0.519. The summed E-state index contributed by atoms with van der Waals surface area (Å²) in [7, 11) is 0. The smallest absolute Gasteiger partial charge is 0.0240 e. The van der Waals surface area contributed by atoms with Crippen molar-refractivity contribution in [3.63, 3.8) is 0 Å². The van der Waals surface area contributed by atoms with Crippen LogP contribution < -0.4 is 5.32 Å². The number of rotatable bonds is 4. The monoisotopic (exact) mass is 222 g/mol. The molecule has 16 heavy (non-hydrogen) atoms. The van der Waals surface area contributed by atoms with Crippen LogP contribution in [0.5, 0.6) is 0 Å². The van der Waals surface area contributed by atoms with Crippen molar-refractivity contribution in [2.75, 3.05) is 13.1 Å². The molecule has 1 aliphatic heterocycles. The summed E-state index contributed by atoms with van der Waals surface area (Å²) >= 11 is 0. The highest BCUT2D eigenvalue weighted by atomic mass is 15.2. The molecule has 2 nitrogen and oxygen atoms in total. The van der Waals surface area contributed by atoms with Crippen LogP contribution in [0.25, 0.3) is 0 Å². The number of hydrogen-bond acceptors (Lipinski definition) is 2. The van der Waals surface area contributed by atoms with Crippen molar-refractivity contribution < 1.29 is 0 Å². The van der Waals surface area contributed by atoms with Gasteiger partial charge in [0.1, 0.15) is 0 Å². The Bertz CT molecular complexity index is 244. The third-order valence-corrected chi connectivity index (χ3v) is 4.06. The van der Waals surface area contributed by atoms with Crippen molar-refractivity contribution >= 4 is 0 Å². The van der Waals surface area contributed by atoms with Gasteiger partial charge in [-0.1, -0.05) is 13.8 Å². The van der Waals surface area contributed by atoms with Crippen LogP contribution in [0.15, 0.2) is 0 Å². The number of nitrogens with zero attached hydrogens (tertiary/aromatic N) is 1. The Hall–Kier alpha value is -0.520. The molecule has 1 heterocycles. The van der Waals surface area contributed by atoms with Gasteiger partial charge in [-0.3, -0.25) is 4.90 Å². The van der Waals surface area contributed by atoms with Crippen molar-refractivity contribution in [2.24, 2.45) is 5.92 Å². The molecular formula is C14H26N2. The highest BCUT2D eigenvalue weighted by molar-refractivity contribution is 4.95. The molecule has 4 unspecified atom stereocenters. The molecule has 1 aliphatic rings. The Morgan fingerprint density at radius 1 is 1.50 bits per heavy atom. The van der Waals surface area contributed by atoms with Crippen molar-refractivity contribution in [1.82, 2.24) is 10.2 Å². The molecule has 0 spiro atoms. The first-order valence-electron chi connectivity index (χ1n) is 6.54. The third kappa shape index (κ3) is 2.99. The molecule has 0 aliphatic carbocycles. The van der Waals surface area contributed by atoms with E-state index in [9.17, 15) is 0 Å². The van der Waals surface area contributed by atoms with E-state index < -0.39 is 0 Å². The van der Waals surface area contributed by atoms with E-state index in [4.69, 9.17) is 6.42 Å². The Morgan fingerprint density at radius 3 is 2.75 bits per heavy atom. The van der Waals surface area contributed by atoms with E-state index >= 15 is 0 Å². The zero-order valence-corrected chi connectivity index (χ0v) is 11.2. The lowest BCUT2D eigenvalue weighted by Gasteiger charge is -2.45. The van der Waals surface area contributed by atoms with Gasteiger partial charge in [-0.15, -0.1) is 12.3 Å². The third-order valence-electron chi connectivity index (χ3n) is 4.06. The number of terminal acetylenes is 1. The van der Waals surface area contributed by atoms with Crippen LogP contribution in [0.2, 0.25) is 0 Å². The van der Waals surface area contributed by atoms with Gasteiger partial charge >= 0.3 is 0 Å². The first-order valence-corrected chi connectivity index (χ1v) is 6.54. The highest BCUT2D eigenvalue weighted by Crippen LogP contribution is 2.26. The average molecular weight is 222 g/mol. The van der Waals surface area contributed by atoms with Crippen LogP contribution in [0.3, 0.4) is 0 Å². The molecule has 4 atom stereocenters. The molecule has 1 N–H and O–H groups in total. The van der Waals surface area contributed by atoms with Crippen LogP contribution >= 0.6 is 0 Å². The maximum absolute atomic E-state index is 5.40. The van der Waals surface area contributed by atoms with Crippen molar-refractivity contribution in [1.29, 1.82) is 0 Å². The van der Waals surface area contributed by atoms with Crippen LogP contribution in [-0.4, -0.2) is 36.1 Å². The predicted molar refractivity (Wildman–Crippen MR) is 70.3 cm³/mol. The van der Waals surface area contributed by atoms with Gasteiger partial charge in [0, 0.05) is 31.1 Å². The fraction of sp³-hybridized carbons (Fsp3) is 0.857. The number of piperidine rings is 1. The molecular weight excluding hydrogens is 196 g/mol. The molecule has 0 radical (unpaired) electrons. The lowest BCUT2D eigenvalue weighted by atomic mass is 9.86. The molecule has 1 saturated heterocycles. The summed E-state index contributed by atoms with van der Waals surface area (Å²) in [6.45, 7) is 11.4. The second kappa shape index (κ2) is 6.27. The Morgan fingerprint density at radius 2 is 2.19 bits per heavy atom. The average Bonchev–Trinajstić information content (AvgIpc) is 2.25. The molecule has 0 bridgehead atoms. The van der Waals surface area contributed by atoms with Crippen LogP contribution in [0, 0.1) is 18.3 Å². The van der Waals surface area contributed by atoms with E-state index in [0.717, 1.165) is 13.0 Å². The lowest BCUT2D eigenvalue weighted by Crippen LogP contribution is -2.55. The quantitative estimate of drug-likeness (QED) is 0.733. The molecule has 0 aromatic carbocycles. The first-order chi connectivity index (χ1) is 7.61. The summed E-state index contributed by atoms with van der Waals surface area (Å²) in [6.07, 6.45) is 7.51. The maximum Gasteiger partial charge on any atom is 0.0240 e. The highest BCUT2D eigenvalue weighted by Gasteiger charge is 2.33. The normalized spacial score (nSPS) is 33.3. The zero-order chi connectivity index (χ0) is 12.1. The summed E-state index contributed by atoms with van der Waals surface area (Å²) in [6, 6.07) is 1.82. The van der Waals surface area contributed by atoms with Gasteiger partial charge in [0.05, 0.1) is 0 Å². The van der Waals surface area contributed by atoms with Gasteiger partial charge < -0.3 is 5.32 Å². The van der Waals surface area contributed by atoms with Gasteiger partial charge in [-0.2, -0.15) is 0 Å². The minimum atomic E-state index is 0.519. The molecule has 0 amide bonds. The summed E-state index contributed by atoms with van der Waals surface area (Å²) in [5.41, 5.74) is 0. The lowest BCUT2D eigenvalue weighted by molar-refractivity contribution is 0.0550. The fourth-order valence-electron chi connectivity index (χ4n) is 2.85. The van der Waals surface area contributed by atoms with Crippen LogP contribution in [0.4, 0.5) is 0 Å². The number of likely N-dealkylation sites (tertiary alicyclic amines) is 1. The van der Waals surface area contributed by atoms with Gasteiger partial charge in [-0.05, 0) is 32.7 Å². The van der Waals surface area contributed by atoms with Gasteiger partial charge in [0.2, 0.25) is 0 Å². The van der Waals surface area contributed by atoms with Crippen LogP contribution in [-0.2, 0) is 0 Å². The molecule has 2 heteroatoms. The topological polar surface area (TPSA) is 15.3 Å². The summed E-state index contributed by atoms with van der Waals surface area (Å²) in [5.74, 6) is 3.48. The molecule has 92 valence electrons. The van der Waals surface area contributed by atoms with E-state index in [1.807, 2.05) is 0 Å². The van der Waals surface area contributed by atoms with E-state index in [0.29, 0.717) is 24.0 Å². The number of hydrogen-bond donors (Lipinski definition) is 1. The van der Waals surface area contributed by atoms with E-state index in [1.54, 1.807) is 0 Å². The van der Waals surface area contributed by atoms with Gasteiger partial charge in [-0.25, -0.2) is 0 Å². The molecule has 0 saturated carbocycles.